The van der Waals surface area contributed by atoms with Gasteiger partial charge in [-0.1, -0.05) is 51.5 Å². The van der Waals surface area contributed by atoms with Gasteiger partial charge in [-0.3, -0.25) is 0 Å². The number of hydrogen-bond donors (Lipinski definition) is 1. The van der Waals surface area contributed by atoms with Gasteiger partial charge in [-0.25, -0.2) is 0 Å². The number of rotatable bonds is 5. The molecule has 1 aliphatic rings. The third-order valence-electron chi connectivity index (χ3n) is 5.31. The van der Waals surface area contributed by atoms with Gasteiger partial charge in [0.05, 0.1) is 0 Å². The van der Waals surface area contributed by atoms with E-state index in [1.807, 2.05) is 0 Å². The third kappa shape index (κ3) is 4.57. The molecule has 1 fully saturated rings. The Morgan fingerprint density at radius 1 is 1.14 bits per heavy atom. The Hall–Kier alpha value is -0.820. The van der Waals surface area contributed by atoms with Gasteiger partial charge in [0, 0.05) is 12.1 Å². The first-order chi connectivity index (χ1) is 9.97. The van der Waals surface area contributed by atoms with Crippen molar-refractivity contribution in [3.63, 3.8) is 0 Å². The highest BCUT2D eigenvalue weighted by Crippen LogP contribution is 2.33. The maximum Gasteiger partial charge on any atom is 0.0103 e. The minimum Gasteiger partial charge on any atom is -0.311 e. The molecule has 118 valence electrons. The zero-order valence-electron chi connectivity index (χ0n) is 14.5. The van der Waals surface area contributed by atoms with Crippen molar-refractivity contribution in [2.75, 3.05) is 0 Å². The van der Waals surface area contributed by atoms with Gasteiger partial charge in [0.1, 0.15) is 0 Å². The lowest BCUT2D eigenvalue weighted by molar-refractivity contribution is 0.161. The van der Waals surface area contributed by atoms with Crippen molar-refractivity contribution < 1.29 is 0 Å². The Balaban J connectivity index is 1.96. The Morgan fingerprint density at radius 2 is 1.86 bits per heavy atom. The van der Waals surface area contributed by atoms with E-state index >= 15 is 0 Å². The zero-order chi connectivity index (χ0) is 15.4. The van der Waals surface area contributed by atoms with Gasteiger partial charge in [0.15, 0.2) is 0 Å². The molecule has 1 saturated carbocycles. The minimum atomic E-state index is 0.558. The molecule has 0 radical (unpaired) electrons. The summed E-state index contributed by atoms with van der Waals surface area (Å²) in [6, 6.07) is 10.1. The molecule has 0 bridgehead atoms. The van der Waals surface area contributed by atoms with E-state index in [0.29, 0.717) is 12.1 Å². The van der Waals surface area contributed by atoms with E-state index in [1.165, 1.54) is 30.4 Å². The molecule has 1 N–H and O–H groups in total. The highest BCUT2D eigenvalue weighted by Gasteiger charge is 2.31. The van der Waals surface area contributed by atoms with Crippen molar-refractivity contribution in [3.05, 3.63) is 35.4 Å². The largest absolute Gasteiger partial charge is 0.311 e. The van der Waals surface area contributed by atoms with Gasteiger partial charge < -0.3 is 5.32 Å². The maximum atomic E-state index is 3.96. The topological polar surface area (TPSA) is 12.0 Å². The van der Waals surface area contributed by atoms with Crippen molar-refractivity contribution >= 4 is 0 Å². The van der Waals surface area contributed by atoms with Crippen molar-refractivity contribution in [3.8, 4) is 0 Å². The van der Waals surface area contributed by atoms with Gasteiger partial charge in [0.2, 0.25) is 0 Å². The van der Waals surface area contributed by atoms with Crippen molar-refractivity contribution in [2.45, 2.75) is 72.4 Å². The van der Waals surface area contributed by atoms with E-state index in [4.69, 9.17) is 0 Å². The van der Waals surface area contributed by atoms with E-state index < -0.39 is 0 Å². The highest BCUT2D eigenvalue weighted by atomic mass is 15.0. The summed E-state index contributed by atoms with van der Waals surface area (Å²) in [7, 11) is 0. The van der Waals surface area contributed by atoms with Gasteiger partial charge >= 0.3 is 0 Å². The van der Waals surface area contributed by atoms with Gasteiger partial charge in [-0.15, -0.1) is 0 Å². The summed E-state index contributed by atoms with van der Waals surface area (Å²) in [5.41, 5.74) is 2.91. The lowest BCUT2D eigenvalue weighted by Gasteiger charge is -2.39. The Labute approximate surface area is 131 Å². The third-order valence-corrected chi connectivity index (χ3v) is 5.31. The van der Waals surface area contributed by atoms with Crippen LogP contribution in [0.1, 0.15) is 58.1 Å². The Kier molecular flexibility index (Phi) is 5.87. The van der Waals surface area contributed by atoms with Crippen LogP contribution in [-0.2, 0) is 6.42 Å². The summed E-state index contributed by atoms with van der Waals surface area (Å²) in [5, 5.41) is 3.96. The van der Waals surface area contributed by atoms with Crippen LogP contribution in [0, 0.1) is 24.7 Å². The highest BCUT2D eigenvalue weighted by molar-refractivity contribution is 5.26. The van der Waals surface area contributed by atoms with E-state index in [1.54, 1.807) is 0 Å². The van der Waals surface area contributed by atoms with Crippen LogP contribution in [0.5, 0.6) is 0 Å². The van der Waals surface area contributed by atoms with Crippen LogP contribution in [0.3, 0.4) is 0 Å². The van der Waals surface area contributed by atoms with Crippen LogP contribution >= 0.6 is 0 Å². The number of nitrogens with one attached hydrogen (secondary N) is 1. The molecule has 0 spiro atoms. The second kappa shape index (κ2) is 7.45. The molecule has 1 nitrogen and oxygen atoms in total. The van der Waals surface area contributed by atoms with E-state index in [-0.39, 0.29) is 0 Å². The van der Waals surface area contributed by atoms with Crippen LogP contribution in [0.25, 0.3) is 0 Å². The molecule has 1 heteroatoms. The second-order valence-electron chi connectivity index (χ2n) is 7.63. The number of aryl methyl sites for hydroxylation is 1. The predicted molar refractivity (Wildman–Crippen MR) is 92.6 cm³/mol. The Morgan fingerprint density at radius 3 is 2.52 bits per heavy atom. The molecular weight excluding hydrogens is 254 g/mol. The molecule has 21 heavy (non-hydrogen) atoms. The zero-order valence-corrected chi connectivity index (χ0v) is 14.5. The minimum absolute atomic E-state index is 0.558. The molecule has 0 saturated heterocycles. The first kappa shape index (κ1) is 16.5. The summed E-state index contributed by atoms with van der Waals surface area (Å²) < 4.78 is 0. The molecule has 0 heterocycles. The van der Waals surface area contributed by atoms with Crippen molar-refractivity contribution in [1.82, 2.24) is 5.32 Å². The van der Waals surface area contributed by atoms with Crippen molar-refractivity contribution in [1.29, 1.82) is 0 Å². The van der Waals surface area contributed by atoms with E-state index in [2.05, 4.69) is 64.2 Å². The average Bonchev–Trinajstić information content (AvgIpc) is 2.41. The molecule has 1 aromatic carbocycles. The first-order valence-corrected chi connectivity index (χ1v) is 8.78. The Bertz CT molecular complexity index is 437. The lowest BCUT2D eigenvalue weighted by atomic mass is 9.73. The van der Waals surface area contributed by atoms with Crippen molar-refractivity contribution in [2.24, 2.45) is 17.8 Å². The first-order valence-electron chi connectivity index (χ1n) is 8.78. The monoisotopic (exact) mass is 287 g/mol. The van der Waals surface area contributed by atoms with E-state index in [0.717, 1.165) is 24.2 Å². The summed E-state index contributed by atoms with van der Waals surface area (Å²) in [5.74, 6) is 2.52. The quantitative estimate of drug-likeness (QED) is 0.805. The van der Waals surface area contributed by atoms with Gasteiger partial charge in [-0.2, -0.15) is 0 Å². The molecule has 0 aromatic heterocycles. The summed E-state index contributed by atoms with van der Waals surface area (Å²) in [6.45, 7) is 11.8. The number of hydrogen-bond acceptors (Lipinski definition) is 1. The molecule has 0 amide bonds. The SMILES string of the molecule is Cc1ccccc1CC(C)NC1CC(C)CCC1C(C)C. The van der Waals surface area contributed by atoms with E-state index in [9.17, 15) is 0 Å². The molecule has 1 aliphatic carbocycles. The molecule has 1 aromatic rings. The smallest absolute Gasteiger partial charge is 0.0103 e. The normalized spacial score (nSPS) is 27.8. The average molecular weight is 287 g/mol. The molecular formula is C20H33N. The predicted octanol–water partition coefficient (Wildman–Crippen LogP) is 4.98. The summed E-state index contributed by atoms with van der Waals surface area (Å²) >= 11 is 0. The second-order valence-corrected chi connectivity index (χ2v) is 7.63. The van der Waals surface area contributed by atoms with Gasteiger partial charge in [0.25, 0.3) is 0 Å². The number of benzene rings is 1. The summed E-state index contributed by atoms with van der Waals surface area (Å²) in [4.78, 5) is 0. The molecule has 4 atom stereocenters. The molecule has 0 aliphatic heterocycles. The lowest BCUT2D eigenvalue weighted by Crippen LogP contribution is -2.47. The molecule has 4 unspecified atom stereocenters. The fraction of sp³-hybridized carbons (Fsp3) is 0.700. The van der Waals surface area contributed by atoms with Crippen LogP contribution in [0.15, 0.2) is 24.3 Å². The molecule has 2 rings (SSSR count). The van der Waals surface area contributed by atoms with Gasteiger partial charge in [-0.05, 0) is 62.0 Å². The van der Waals surface area contributed by atoms with Crippen LogP contribution < -0.4 is 5.32 Å². The van der Waals surface area contributed by atoms with Crippen LogP contribution in [0.2, 0.25) is 0 Å². The summed E-state index contributed by atoms with van der Waals surface area (Å²) in [6.07, 6.45) is 5.30. The van der Waals surface area contributed by atoms with Crippen LogP contribution in [-0.4, -0.2) is 12.1 Å². The maximum absolute atomic E-state index is 3.96. The fourth-order valence-electron chi connectivity index (χ4n) is 3.99. The standard InChI is InChI=1S/C20H33N/c1-14(2)19-11-10-15(3)12-20(19)21-17(5)13-18-9-7-6-8-16(18)4/h6-9,14-15,17,19-21H,10-13H2,1-5H3. The van der Waals surface area contributed by atoms with Crippen LogP contribution in [0.4, 0.5) is 0 Å². The fourth-order valence-corrected chi connectivity index (χ4v) is 3.99.